The summed E-state index contributed by atoms with van der Waals surface area (Å²) >= 11 is 0. The molecule has 1 N–H and O–H groups in total. The van der Waals surface area contributed by atoms with Gasteiger partial charge in [-0.05, 0) is 63.1 Å². The minimum absolute atomic E-state index is 0.117. The number of carboxylic acid groups (broad SMARTS) is 1. The molecule has 2 aromatic rings. The number of carboxylic acids is 1. The van der Waals surface area contributed by atoms with Gasteiger partial charge in [0.25, 0.3) is 5.91 Å². The van der Waals surface area contributed by atoms with E-state index in [4.69, 9.17) is 9.47 Å². The first-order chi connectivity index (χ1) is 12.8. The molecule has 0 aromatic heterocycles. The van der Waals surface area contributed by atoms with E-state index in [0.717, 1.165) is 11.3 Å². The van der Waals surface area contributed by atoms with E-state index in [1.807, 2.05) is 31.2 Å². The quantitative estimate of drug-likeness (QED) is 0.787. The molecule has 6 nitrogen and oxygen atoms in total. The van der Waals surface area contributed by atoms with Crippen LogP contribution in [0, 0.1) is 6.92 Å². The number of amides is 1. The number of nitrogens with zero attached hydrogens (tertiary/aromatic N) is 1. The molecule has 1 amide bonds. The van der Waals surface area contributed by atoms with Crippen LogP contribution in [-0.4, -0.2) is 35.7 Å². The van der Waals surface area contributed by atoms with Crippen LogP contribution in [0.1, 0.15) is 36.2 Å². The molecule has 1 heterocycles. The Kier molecular flexibility index (Phi) is 5.08. The Balaban J connectivity index is 1.74. The van der Waals surface area contributed by atoms with Gasteiger partial charge in [0, 0.05) is 6.54 Å². The van der Waals surface area contributed by atoms with Gasteiger partial charge in [-0.3, -0.25) is 4.79 Å². The SMILES string of the molecule is Cc1cccc(OCCCN2C(=O)C(C)(C)Oc3ccc(C(=O)O)cc32)c1. The molecule has 1 aliphatic heterocycles. The normalized spacial score (nSPS) is 15.1. The largest absolute Gasteiger partial charge is 0.494 e. The lowest BCUT2D eigenvalue weighted by molar-refractivity contribution is -0.132. The second kappa shape index (κ2) is 7.31. The molecule has 27 heavy (non-hydrogen) atoms. The highest BCUT2D eigenvalue weighted by Gasteiger charge is 2.40. The molecule has 1 aliphatic rings. The number of fused-ring (bicyclic) bond motifs is 1. The fraction of sp³-hybridized carbons (Fsp3) is 0.333. The zero-order valence-corrected chi connectivity index (χ0v) is 15.7. The van der Waals surface area contributed by atoms with Crippen LogP contribution >= 0.6 is 0 Å². The van der Waals surface area contributed by atoms with Gasteiger partial charge in [-0.15, -0.1) is 0 Å². The molecule has 142 valence electrons. The maximum absolute atomic E-state index is 12.8. The van der Waals surface area contributed by atoms with Crippen molar-refractivity contribution in [3.05, 3.63) is 53.6 Å². The highest BCUT2D eigenvalue weighted by molar-refractivity contribution is 6.03. The van der Waals surface area contributed by atoms with E-state index in [0.29, 0.717) is 31.0 Å². The second-order valence-corrected chi connectivity index (χ2v) is 7.08. The lowest BCUT2D eigenvalue weighted by Gasteiger charge is -2.39. The van der Waals surface area contributed by atoms with Gasteiger partial charge in [-0.25, -0.2) is 4.79 Å². The number of aromatic carboxylic acids is 1. The molecule has 0 atom stereocenters. The van der Waals surface area contributed by atoms with Gasteiger partial charge in [-0.1, -0.05) is 12.1 Å². The Morgan fingerprint density at radius 1 is 1.22 bits per heavy atom. The van der Waals surface area contributed by atoms with E-state index in [-0.39, 0.29) is 11.5 Å². The molecule has 0 unspecified atom stereocenters. The molecule has 0 saturated carbocycles. The Morgan fingerprint density at radius 3 is 2.70 bits per heavy atom. The topological polar surface area (TPSA) is 76.1 Å². The second-order valence-electron chi connectivity index (χ2n) is 7.08. The van der Waals surface area contributed by atoms with Crippen molar-refractivity contribution in [2.24, 2.45) is 0 Å². The summed E-state index contributed by atoms with van der Waals surface area (Å²) in [5, 5.41) is 9.24. The number of hydrogen-bond donors (Lipinski definition) is 1. The third-order valence-corrected chi connectivity index (χ3v) is 4.41. The summed E-state index contributed by atoms with van der Waals surface area (Å²) in [4.78, 5) is 25.7. The first-order valence-electron chi connectivity index (χ1n) is 8.86. The van der Waals surface area contributed by atoms with Crippen LogP contribution in [0.5, 0.6) is 11.5 Å². The Morgan fingerprint density at radius 2 is 2.00 bits per heavy atom. The molecule has 0 aliphatic carbocycles. The van der Waals surface area contributed by atoms with Gasteiger partial charge in [0.2, 0.25) is 0 Å². The predicted molar refractivity (Wildman–Crippen MR) is 102 cm³/mol. The first-order valence-corrected chi connectivity index (χ1v) is 8.86. The Bertz CT molecular complexity index is 875. The summed E-state index contributed by atoms with van der Waals surface area (Å²) in [5.74, 6) is 0.0484. The lowest BCUT2D eigenvalue weighted by Crippen LogP contribution is -2.53. The maximum atomic E-state index is 12.8. The van der Waals surface area contributed by atoms with Crippen molar-refractivity contribution < 1.29 is 24.2 Å². The fourth-order valence-corrected chi connectivity index (χ4v) is 3.04. The van der Waals surface area contributed by atoms with Crippen molar-refractivity contribution in [3.63, 3.8) is 0 Å². The van der Waals surface area contributed by atoms with Crippen molar-refractivity contribution in [1.82, 2.24) is 0 Å². The lowest BCUT2D eigenvalue weighted by atomic mass is 10.0. The van der Waals surface area contributed by atoms with Crippen LogP contribution in [0.3, 0.4) is 0 Å². The number of hydrogen-bond acceptors (Lipinski definition) is 4. The Hall–Kier alpha value is -3.02. The zero-order chi connectivity index (χ0) is 19.6. The molecule has 6 heteroatoms. The van der Waals surface area contributed by atoms with Crippen LogP contribution in [0.15, 0.2) is 42.5 Å². The van der Waals surface area contributed by atoms with E-state index in [1.54, 1.807) is 24.8 Å². The molecule has 0 radical (unpaired) electrons. The minimum atomic E-state index is -1.04. The van der Waals surface area contributed by atoms with Gasteiger partial charge >= 0.3 is 5.97 Å². The van der Waals surface area contributed by atoms with Crippen LogP contribution in [0.25, 0.3) is 0 Å². The van der Waals surface area contributed by atoms with Gasteiger partial charge in [0.1, 0.15) is 11.5 Å². The van der Waals surface area contributed by atoms with E-state index in [2.05, 4.69) is 0 Å². The smallest absolute Gasteiger partial charge is 0.335 e. The van der Waals surface area contributed by atoms with Crippen molar-refractivity contribution in [3.8, 4) is 11.5 Å². The van der Waals surface area contributed by atoms with Crippen molar-refractivity contribution in [2.45, 2.75) is 32.8 Å². The molecular weight excluding hydrogens is 346 g/mol. The van der Waals surface area contributed by atoms with E-state index < -0.39 is 11.6 Å². The molecule has 3 rings (SSSR count). The van der Waals surface area contributed by atoms with Gasteiger partial charge in [0.05, 0.1) is 17.9 Å². The number of aryl methyl sites for hydroxylation is 1. The minimum Gasteiger partial charge on any atom is -0.494 e. The van der Waals surface area contributed by atoms with E-state index in [9.17, 15) is 14.7 Å². The van der Waals surface area contributed by atoms with Gasteiger partial charge < -0.3 is 19.5 Å². The highest BCUT2D eigenvalue weighted by atomic mass is 16.5. The molecular formula is C21H23NO5. The third-order valence-electron chi connectivity index (χ3n) is 4.41. The average molecular weight is 369 g/mol. The number of ether oxygens (including phenoxy) is 2. The number of anilines is 1. The molecule has 0 spiro atoms. The summed E-state index contributed by atoms with van der Waals surface area (Å²) in [6, 6.07) is 12.3. The number of benzene rings is 2. The van der Waals surface area contributed by atoms with Crippen LogP contribution in [-0.2, 0) is 4.79 Å². The molecule has 0 fully saturated rings. The van der Waals surface area contributed by atoms with Crippen molar-refractivity contribution >= 4 is 17.6 Å². The number of carbonyl (C=O) groups is 2. The highest BCUT2D eigenvalue weighted by Crippen LogP contribution is 2.38. The average Bonchev–Trinajstić information content (AvgIpc) is 2.61. The van der Waals surface area contributed by atoms with Crippen molar-refractivity contribution in [2.75, 3.05) is 18.1 Å². The van der Waals surface area contributed by atoms with Gasteiger partial charge in [-0.2, -0.15) is 0 Å². The third kappa shape index (κ3) is 4.05. The standard InChI is InChI=1S/C21H23NO5/c1-14-6-4-7-16(12-14)26-11-5-10-22-17-13-15(19(23)24)8-9-18(17)27-21(2,3)20(22)25/h4,6-9,12-13H,5,10-11H2,1-3H3,(H,23,24). The summed E-state index contributed by atoms with van der Waals surface area (Å²) in [6.07, 6.45) is 0.604. The summed E-state index contributed by atoms with van der Waals surface area (Å²) in [5.41, 5.74) is 0.711. The monoisotopic (exact) mass is 369 g/mol. The van der Waals surface area contributed by atoms with Crippen LogP contribution in [0.4, 0.5) is 5.69 Å². The number of rotatable bonds is 6. The van der Waals surface area contributed by atoms with Crippen LogP contribution in [0.2, 0.25) is 0 Å². The van der Waals surface area contributed by atoms with Gasteiger partial charge in [0.15, 0.2) is 5.60 Å². The molecule has 0 saturated heterocycles. The summed E-state index contributed by atoms with van der Waals surface area (Å²) in [7, 11) is 0. The Labute approximate surface area is 158 Å². The fourth-order valence-electron chi connectivity index (χ4n) is 3.04. The first kappa shape index (κ1) is 18.8. The predicted octanol–water partition coefficient (Wildman–Crippen LogP) is 3.67. The van der Waals surface area contributed by atoms with E-state index >= 15 is 0 Å². The molecule has 0 bridgehead atoms. The maximum Gasteiger partial charge on any atom is 0.335 e. The zero-order valence-electron chi connectivity index (χ0n) is 15.7. The summed E-state index contributed by atoms with van der Waals surface area (Å²) < 4.78 is 11.5. The van der Waals surface area contributed by atoms with Crippen LogP contribution < -0.4 is 14.4 Å². The molecule has 2 aromatic carbocycles. The van der Waals surface area contributed by atoms with Crippen molar-refractivity contribution in [1.29, 1.82) is 0 Å². The summed E-state index contributed by atoms with van der Waals surface area (Å²) in [6.45, 7) is 6.27. The van der Waals surface area contributed by atoms with E-state index in [1.165, 1.54) is 12.1 Å². The number of carbonyl (C=O) groups excluding carboxylic acids is 1.